The highest BCUT2D eigenvalue weighted by Gasteiger charge is 2.44. The van der Waals surface area contributed by atoms with Gasteiger partial charge in [-0.05, 0) is 29.3 Å². The van der Waals surface area contributed by atoms with Gasteiger partial charge in [-0.2, -0.15) is 8.78 Å². The van der Waals surface area contributed by atoms with Crippen molar-refractivity contribution in [2.45, 2.75) is 30.5 Å². The Kier molecular flexibility index (Phi) is 8.08. The van der Waals surface area contributed by atoms with E-state index < -0.39 is 55.0 Å². The van der Waals surface area contributed by atoms with Crippen LogP contribution < -0.4 is 16.4 Å². The minimum absolute atomic E-state index is 0.116. The third-order valence-corrected chi connectivity index (χ3v) is 8.61. The van der Waals surface area contributed by atoms with Gasteiger partial charge in [-0.25, -0.2) is 0 Å². The van der Waals surface area contributed by atoms with Crippen LogP contribution in [0.3, 0.4) is 0 Å². The molecule has 1 fully saturated rings. The average Bonchev–Trinajstić information content (AvgIpc) is 3.71. The maximum atomic E-state index is 14.9. The zero-order valence-electron chi connectivity index (χ0n) is 22.5. The number of carbonyl (C=O) groups is 3. The van der Waals surface area contributed by atoms with Crippen molar-refractivity contribution in [3.63, 3.8) is 0 Å². The normalized spacial score (nSPS) is 19.1. The second kappa shape index (κ2) is 11.6. The first kappa shape index (κ1) is 29.3. The number of rotatable bonds is 9. The van der Waals surface area contributed by atoms with Crippen LogP contribution in [-0.4, -0.2) is 72.5 Å². The predicted molar refractivity (Wildman–Crippen MR) is 151 cm³/mol. The van der Waals surface area contributed by atoms with Gasteiger partial charge < -0.3 is 31.1 Å². The van der Waals surface area contributed by atoms with Crippen molar-refractivity contribution in [2.24, 2.45) is 5.73 Å². The fraction of sp³-hybridized carbons (Fsp3) is 0.310. The number of thiophene rings is 1. The number of fused-ring (bicyclic) bond motifs is 3. The Balaban J connectivity index is 1.26. The van der Waals surface area contributed by atoms with E-state index in [1.165, 1.54) is 53.7 Å². The summed E-state index contributed by atoms with van der Waals surface area (Å²) in [6.45, 7) is -0.726. The van der Waals surface area contributed by atoms with Crippen molar-refractivity contribution in [3.8, 4) is 11.1 Å². The molecule has 3 atom stereocenters. The molecular weight excluding hydrogens is 568 g/mol. The van der Waals surface area contributed by atoms with Crippen molar-refractivity contribution < 1.29 is 33.0 Å². The second-order valence-corrected chi connectivity index (χ2v) is 11.1. The molecule has 0 radical (unpaired) electrons. The van der Waals surface area contributed by atoms with Crippen molar-refractivity contribution in [1.29, 1.82) is 5.41 Å². The third-order valence-electron chi connectivity index (χ3n) is 7.57. The van der Waals surface area contributed by atoms with Crippen LogP contribution in [0.4, 0.5) is 8.78 Å². The molecule has 1 aromatic heterocycles. The fourth-order valence-electron chi connectivity index (χ4n) is 5.32. The summed E-state index contributed by atoms with van der Waals surface area (Å²) in [6, 6.07) is 9.95. The molecule has 1 saturated heterocycles. The number of aliphatic hydroxyl groups excluding tert-OH is 1. The average molecular weight is 598 g/mol. The van der Waals surface area contributed by atoms with Gasteiger partial charge in [0.1, 0.15) is 11.9 Å². The number of nitrogens with one attached hydrogen (secondary N) is 3. The Morgan fingerprint density at radius 2 is 1.90 bits per heavy atom. The quantitative estimate of drug-likeness (QED) is 0.188. The zero-order valence-corrected chi connectivity index (χ0v) is 23.3. The molecule has 0 saturated carbocycles. The molecule has 42 heavy (non-hydrogen) atoms. The van der Waals surface area contributed by atoms with Crippen LogP contribution >= 0.6 is 11.3 Å². The van der Waals surface area contributed by atoms with Crippen molar-refractivity contribution >= 4 is 34.9 Å². The van der Waals surface area contributed by atoms with Gasteiger partial charge in [-0.3, -0.25) is 19.8 Å². The minimum Gasteiger partial charge on any atom is -0.394 e. The first-order valence-corrected chi connectivity index (χ1v) is 14.0. The molecule has 1 aliphatic heterocycles. The summed E-state index contributed by atoms with van der Waals surface area (Å²) < 4.78 is 35.1. The number of benzene rings is 2. The Labute approximate surface area is 244 Å². The summed E-state index contributed by atoms with van der Waals surface area (Å²) in [5.41, 5.74) is 6.40. The summed E-state index contributed by atoms with van der Waals surface area (Å²) in [5.74, 6) is -4.97. The second-order valence-electron chi connectivity index (χ2n) is 10.1. The SMILES string of the molecule is CO[C@@H]1C[C@@H](C(=O)NC(CO)c2cc(C(=N)N)cs2)N(C(=O)CNC(=O)c2ccc3c(c2)-c2ccccc2C3(F)F)C1. The van der Waals surface area contributed by atoms with Crippen LogP contribution in [0.1, 0.15) is 44.4 Å². The molecular formula is C29H29F2N5O5S. The zero-order chi connectivity index (χ0) is 30.2. The lowest BCUT2D eigenvalue weighted by Crippen LogP contribution is -2.49. The van der Waals surface area contributed by atoms with E-state index in [0.717, 1.165) is 0 Å². The molecule has 2 aliphatic rings. The van der Waals surface area contributed by atoms with Crippen LogP contribution in [-0.2, 0) is 20.2 Å². The lowest BCUT2D eigenvalue weighted by molar-refractivity contribution is -0.138. The van der Waals surface area contributed by atoms with E-state index in [0.29, 0.717) is 16.0 Å². The monoisotopic (exact) mass is 597 g/mol. The topological polar surface area (TPSA) is 158 Å². The Hall–Kier alpha value is -4.20. The van der Waals surface area contributed by atoms with Gasteiger partial charge in [0.25, 0.3) is 11.8 Å². The molecule has 1 aliphatic carbocycles. The number of amides is 3. The van der Waals surface area contributed by atoms with E-state index in [1.54, 1.807) is 23.6 Å². The Bertz CT molecular complexity index is 1560. The number of ether oxygens (including phenoxy) is 1. The number of nitrogens with two attached hydrogens (primary N) is 1. The molecule has 0 bridgehead atoms. The van der Waals surface area contributed by atoms with Gasteiger partial charge in [0, 0.05) is 52.6 Å². The van der Waals surface area contributed by atoms with Crippen LogP contribution in [0.2, 0.25) is 0 Å². The van der Waals surface area contributed by atoms with Crippen LogP contribution in [0.25, 0.3) is 11.1 Å². The maximum absolute atomic E-state index is 14.9. The first-order chi connectivity index (χ1) is 20.0. The lowest BCUT2D eigenvalue weighted by atomic mass is 10.0. The van der Waals surface area contributed by atoms with E-state index in [9.17, 15) is 28.3 Å². The predicted octanol–water partition coefficient (Wildman–Crippen LogP) is 2.35. The van der Waals surface area contributed by atoms with Gasteiger partial charge in [0.15, 0.2) is 0 Å². The van der Waals surface area contributed by atoms with E-state index in [-0.39, 0.29) is 41.1 Å². The van der Waals surface area contributed by atoms with E-state index >= 15 is 0 Å². The third kappa shape index (κ3) is 5.38. The maximum Gasteiger partial charge on any atom is 0.299 e. The molecule has 3 aromatic rings. The van der Waals surface area contributed by atoms with Crippen molar-refractivity contribution in [3.05, 3.63) is 81.0 Å². The number of likely N-dealkylation sites (tertiary alicyclic amines) is 1. The van der Waals surface area contributed by atoms with E-state index in [4.69, 9.17) is 15.9 Å². The number of methoxy groups -OCH3 is 1. The highest BCUT2D eigenvalue weighted by Crippen LogP contribution is 2.50. The summed E-state index contributed by atoms with van der Waals surface area (Å²) in [7, 11) is 1.47. The van der Waals surface area contributed by atoms with E-state index in [1.807, 2.05) is 0 Å². The summed E-state index contributed by atoms with van der Waals surface area (Å²) in [4.78, 5) is 41.3. The fourth-order valence-corrected chi connectivity index (χ4v) is 6.27. The Morgan fingerprint density at radius 1 is 1.17 bits per heavy atom. The van der Waals surface area contributed by atoms with Crippen LogP contribution in [0, 0.1) is 5.41 Å². The van der Waals surface area contributed by atoms with Gasteiger partial charge in [0.2, 0.25) is 11.8 Å². The Morgan fingerprint density at radius 3 is 2.60 bits per heavy atom. The number of halogens is 2. The molecule has 10 nitrogen and oxygen atoms in total. The highest BCUT2D eigenvalue weighted by atomic mass is 32.1. The number of hydrogen-bond acceptors (Lipinski definition) is 7. The number of alkyl halides is 2. The molecule has 0 spiro atoms. The van der Waals surface area contributed by atoms with Crippen molar-refractivity contribution in [2.75, 3.05) is 26.8 Å². The molecule has 6 N–H and O–H groups in total. The summed E-state index contributed by atoms with van der Waals surface area (Å²) in [6.07, 6.45) is -0.209. The smallest absolute Gasteiger partial charge is 0.299 e. The van der Waals surface area contributed by atoms with E-state index in [2.05, 4.69) is 10.6 Å². The van der Waals surface area contributed by atoms with Gasteiger partial charge >= 0.3 is 0 Å². The standard InChI is InChI=1S/C29H29F2N5O5S/c1-41-17-10-23(28(40)35-22(13-37)24-9-16(14-42-24)26(32)33)36(12-17)25(38)11-34-27(39)15-6-7-21-19(8-15)18-4-2-3-5-20(18)29(21,30)31/h2-9,14,17,22-23,37H,10-13H2,1H3,(H3,32,33)(H,34,39)(H,35,40)/t17-,22?,23+/m1/s1. The summed E-state index contributed by atoms with van der Waals surface area (Å²) >= 11 is 1.23. The number of nitrogens with zero attached hydrogens (tertiary/aromatic N) is 1. The number of hydrogen-bond donors (Lipinski definition) is 5. The lowest BCUT2D eigenvalue weighted by Gasteiger charge is -2.25. The highest BCUT2D eigenvalue weighted by molar-refractivity contribution is 7.10. The molecule has 220 valence electrons. The van der Waals surface area contributed by atoms with Gasteiger partial charge in [0.05, 0.1) is 25.3 Å². The number of carbonyl (C=O) groups excluding carboxylic acids is 3. The number of nitrogen functional groups attached to an aromatic ring is 1. The molecule has 13 heteroatoms. The molecule has 1 unspecified atom stereocenters. The first-order valence-electron chi connectivity index (χ1n) is 13.1. The molecule has 3 amide bonds. The minimum atomic E-state index is -3.17. The molecule has 2 aromatic carbocycles. The molecule has 2 heterocycles. The largest absolute Gasteiger partial charge is 0.394 e. The number of amidine groups is 1. The van der Waals surface area contributed by atoms with Gasteiger partial charge in [-0.15, -0.1) is 11.3 Å². The summed E-state index contributed by atoms with van der Waals surface area (Å²) in [5, 5.41) is 24.4. The van der Waals surface area contributed by atoms with Crippen LogP contribution in [0.5, 0.6) is 0 Å². The molecule has 5 rings (SSSR count). The van der Waals surface area contributed by atoms with Crippen molar-refractivity contribution in [1.82, 2.24) is 15.5 Å². The number of aliphatic hydroxyl groups is 1. The van der Waals surface area contributed by atoms with Gasteiger partial charge in [-0.1, -0.05) is 30.3 Å². The van der Waals surface area contributed by atoms with Crippen LogP contribution in [0.15, 0.2) is 53.9 Å².